The molecular formula is C19H27NO3S. The molecular weight excluding hydrogens is 322 g/mol. The maximum atomic E-state index is 13.1. The molecule has 4 nitrogen and oxygen atoms in total. The van der Waals surface area contributed by atoms with Gasteiger partial charge in [0.2, 0.25) is 0 Å². The zero-order valence-electron chi connectivity index (χ0n) is 14.2. The molecule has 0 radical (unpaired) electrons. The van der Waals surface area contributed by atoms with E-state index < -0.39 is 11.6 Å². The molecule has 5 heteroatoms. The van der Waals surface area contributed by atoms with E-state index in [0.29, 0.717) is 5.92 Å². The van der Waals surface area contributed by atoms with Crippen LogP contribution in [0.1, 0.15) is 49.8 Å². The van der Waals surface area contributed by atoms with Gasteiger partial charge in [-0.1, -0.05) is 25.3 Å². The van der Waals surface area contributed by atoms with Crippen LogP contribution in [0.25, 0.3) is 0 Å². The van der Waals surface area contributed by atoms with Gasteiger partial charge in [0.15, 0.2) is 5.60 Å². The normalized spacial score (nSPS) is 33.1. The van der Waals surface area contributed by atoms with E-state index in [4.69, 9.17) is 4.74 Å². The largest absolute Gasteiger partial charge is 0.458 e. The smallest absolute Gasteiger partial charge is 0.344 e. The molecule has 0 aromatic carbocycles. The first-order chi connectivity index (χ1) is 11.7. The second-order valence-electron chi connectivity index (χ2n) is 7.66. The van der Waals surface area contributed by atoms with E-state index >= 15 is 0 Å². The highest BCUT2D eigenvalue weighted by atomic mass is 32.1. The van der Waals surface area contributed by atoms with E-state index in [0.717, 1.165) is 63.0 Å². The summed E-state index contributed by atoms with van der Waals surface area (Å²) in [4.78, 5) is 16.3. The van der Waals surface area contributed by atoms with Crippen molar-refractivity contribution in [3.8, 4) is 0 Å². The molecule has 1 aromatic heterocycles. The minimum Gasteiger partial charge on any atom is -0.458 e. The van der Waals surface area contributed by atoms with Gasteiger partial charge in [-0.15, -0.1) is 11.3 Å². The zero-order valence-corrected chi connectivity index (χ0v) is 15.0. The molecule has 1 aromatic rings. The van der Waals surface area contributed by atoms with Crippen molar-refractivity contribution in [1.82, 2.24) is 4.90 Å². The second-order valence-corrected chi connectivity index (χ2v) is 8.61. The summed E-state index contributed by atoms with van der Waals surface area (Å²) in [5.74, 6) is 0.0481. The molecule has 3 aliphatic heterocycles. The van der Waals surface area contributed by atoms with E-state index in [1.54, 1.807) is 0 Å². The lowest BCUT2D eigenvalue weighted by Crippen LogP contribution is -2.54. The standard InChI is InChI=1S/C19H27NO3S/c21-18(23-16-13-20-10-8-14(16)9-11-20)19(22,17-7-4-12-24-17)15-5-2-1-3-6-15/h4,7,12,14-16,22H,1-3,5-6,8-11,13H2/t16?,19-/m1/s1. The molecule has 1 N–H and O–H groups in total. The number of esters is 1. The summed E-state index contributed by atoms with van der Waals surface area (Å²) >= 11 is 1.47. The summed E-state index contributed by atoms with van der Waals surface area (Å²) in [5, 5.41) is 13.4. The molecule has 1 unspecified atom stereocenters. The Morgan fingerprint density at radius 3 is 2.54 bits per heavy atom. The Balaban J connectivity index is 1.55. The van der Waals surface area contributed by atoms with Crippen LogP contribution < -0.4 is 0 Å². The molecule has 0 spiro atoms. The van der Waals surface area contributed by atoms with Gasteiger partial charge in [0, 0.05) is 17.3 Å². The fraction of sp³-hybridized carbons (Fsp3) is 0.737. The number of fused-ring (bicyclic) bond motifs is 3. The molecule has 1 aliphatic carbocycles. The second kappa shape index (κ2) is 6.77. The number of thiophene rings is 1. The first-order valence-corrected chi connectivity index (χ1v) is 10.3. The highest BCUT2D eigenvalue weighted by Crippen LogP contribution is 2.43. The Kier molecular flexibility index (Phi) is 4.67. The Morgan fingerprint density at radius 1 is 1.21 bits per heavy atom. The number of carbonyl (C=O) groups is 1. The van der Waals surface area contributed by atoms with Crippen LogP contribution in [-0.4, -0.2) is 41.7 Å². The van der Waals surface area contributed by atoms with Crippen molar-refractivity contribution in [2.45, 2.75) is 56.7 Å². The summed E-state index contributed by atoms with van der Waals surface area (Å²) in [6.45, 7) is 3.08. The van der Waals surface area contributed by atoms with Crippen molar-refractivity contribution in [2.24, 2.45) is 11.8 Å². The number of aliphatic hydroxyl groups is 1. The van der Waals surface area contributed by atoms with Crippen molar-refractivity contribution in [1.29, 1.82) is 0 Å². The van der Waals surface area contributed by atoms with Gasteiger partial charge in [0.1, 0.15) is 6.10 Å². The number of hydrogen-bond acceptors (Lipinski definition) is 5. The summed E-state index contributed by atoms with van der Waals surface area (Å²) in [7, 11) is 0. The minimum absolute atomic E-state index is 0.0153. The van der Waals surface area contributed by atoms with Crippen LogP contribution in [0.4, 0.5) is 0 Å². The Hall–Kier alpha value is -0.910. The van der Waals surface area contributed by atoms with Crippen molar-refractivity contribution >= 4 is 17.3 Å². The first kappa shape index (κ1) is 16.6. The van der Waals surface area contributed by atoms with E-state index in [1.165, 1.54) is 17.8 Å². The molecule has 4 aliphatic rings. The first-order valence-electron chi connectivity index (χ1n) is 9.37. The van der Waals surface area contributed by atoms with Crippen molar-refractivity contribution < 1.29 is 14.6 Å². The van der Waals surface area contributed by atoms with E-state index in [-0.39, 0.29) is 12.0 Å². The van der Waals surface area contributed by atoms with Gasteiger partial charge >= 0.3 is 5.97 Å². The predicted octanol–water partition coefficient (Wildman–Crippen LogP) is 3.15. The predicted molar refractivity (Wildman–Crippen MR) is 93.8 cm³/mol. The average Bonchev–Trinajstić information content (AvgIpc) is 3.18. The van der Waals surface area contributed by atoms with Gasteiger partial charge in [0.25, 0.3) is 0 Å². The van der Waals surface area contributed by atoms with Gasteiger partial charge in [-0.2, -0.15) is 0 Å². The molecule has 4 heterocycles. The van der Waals surface area contributed by atoms with Crippen LogP contribution in [0, 0.1) is 11.8 Å². The number of carbonyl (C=O) groups excluding carboxylic acids is 1. The fourth-order valence-electron chi connectivity index (χ4n) is 4.76. The average molecular weight is 349 g/mol. The van der Waals surface area contributed by atoms with Crippen molar-refractivity contribution in [3.63, 3.8) is 0 Å². The molecule has 0 amide bonds. The van der Waals surface area contributed by atoms with Gasteiger partial charge in [-0.05, 0) is 56.1 Å². The minimum atomic E-state index is -1.46. The zero-order chi connectivity index (χ0) is 16.6. The number of ether oxygens (including phenoxy) is 1. The summed E-state index contributed by atoms with van der Waals surface area (Å²) in [6.07, 6.45) is 7.36. The molecule has 3 saturated heterocycles. The number of hydrogen-bond donors (Lipinski definition) is 1. The number of nitrogens with zero attached hydrogens (tertiary/aromatic N) is 1. The van der Waals surface area contributed by atoms with Crippen molar-refractivity contribution in [2.75, 3.05) is 19.6 Å². The maximum absolute atomic E-state index is 13.1. The molecule has 132 valence electrons. The molecule has 5 rings (SSSR count). The van der Waals surface area contributed by atoms with E-state index in [2.05, 4.69) is 4.90 Å². The Labute approximate surface area is 147 Å². The van der Waals surface area contributed by atoms with Crippen LogP contribution in [0.3, 0.4) is 0 Å². The number of piperidine rings is 3. The van der Waals surface area contributed by atoms with Crippen LogP contribution in [0.2, 0.25) is 0 Å². The van der Waals surface area contributed by atoms with Crippen LogP contribution in [0.15, 0.2) is 17.5 Å². The van der Waals surface area contributed by atoms with E-state index in [1.807, 2.05) is 17.5 Å². The fourth-order valence-corrected chi connectivity index (χ4v) is 5.65. The topological polar surface area (TPSA) is 49.8 Å². The number of rotatable bonds is 4. The highest BCUT2D eigenvalue weighted by Gasteiger charge is 2.49. The summed E-state index contributed by atoms with van der Waals surface area (Å²) in [6, 6.07) is 3.80. The third-order valence-electron chi connectivity index (χ3n) is 6.26. The third-order valence-corrected chi connectivity index (χ3v) is 7.25. The van der Waals surface area contributed by atoms with E-state index in [9.17, 15) is 9.90 Å². The lowest BCUT2D eigenvalue weighted by Gasteiger charge is -2.45. The van der Waals surface area contributed by atoms with Crippen LogP contribution >= 0.6 is 11.3 Å². The molecule has 1 saturated carbocycles. The maximum Gasteiger partial charge on any atom is 0.344 e. The molecule has 24 heavy (non-hydrogen) atoms. The van der Waals surface area contributed by atoms with Gasteiger partial charge in [-0.25, -0.2) is 4.79 Å². The lowest BCUT2D eigenvalue weighted by atomic mass is 9.76. The quantitative estimate of drug-likeness (QED) is 0.849. The van der Waals surface area contributed by atoms with Crippen molar-refractivity contribution in [3.05, 3.63) is 22.4 Å². The lowest BCUT2D eigenvalue weighted by molar-refractivity contribution is -0.189. The Morgan fingerprint density at radius 2 is 1.96 bits per heavy atom. The SMILES string of the molecule is O=C(OC1CN2CCC1CC2)[C@](O)(c1cccs1)C1CCCCC1. The van der Waals surface area contributed by atoms with Gasteiger partial charge in [-0.3, -0.25) is 4.90 Å². The molecule has 2 bridgehead atoms. The van der Waals surface area contributed by atoms with Gasteiger partial charge in [0.05, 0.1) is 0 Å². The van der Waals surface area contributed by atoms with Crippen LogP contribution in [0.5, 0.6) is 0 Å². The van der Waals surface area contributed by atoms with Gasteiger partial charge < -0.3 is 9.84 Å². The Bertz CT molecular complexity index is 561. The molecule has 4 fully saturated rings. The summed E-state index contributed by atoms with van der Waals surface area (Å²) < 4.78 is 5.94. The van der Waals surface area contributed by atoms with Crippen LogP contribution in [-0.2, 0) is 15.1 Å². The molecule has 2 atom stereocenters. The third kappa shape index (κ3) is 2.91. The summed E-state index contributed by atoms with van der Waals surface area (Å²) in [5.41, 5.74) is -1.46. The monoisotopic (exact) mass is 349 g/mol. The highest BCUT2D eigenvalue weighted by molar-refractivity contribution is 7.10.